The van der Waals surface area contributed by atoms with Crippen LogP contribution in [-0.4, -0.2) is 66.5 Å². The van der Waals surface area contributed by atoms with E-state index in [0.29, 0.717) is 19.3 Å². The summed E-state index contributed by atoms with van der Waals surface area (Å²) in [5.74, 6) is -1.50. The van der Waals surface area contributed by atoms with Crippen LogP contribution in [0.5, 0.6) is 0 Å². The van der Waals surface area contributed by atoms with Gasteiger partial charge in [0.2, 0.25) is 0 Å². The summed E-state index contributed by atoms with van der Waals surface area (Å²) >= 11 is 0. The Kier molecular flexibility index (Phi) is 53.8. The number of phosphoric acid groups is 1. The summed E-state index contributed by atoms with van der Waals surface area (Å²) in [7, 11) is -4.75. The van der Waals surface area contributed by atoms with Gasteiger partial charge in [-0.15, -0.1) is 0 Å². The minimum atomic E-state index is -4.75. The first-order valence-corrected chi connectivity index (χ1v) is 31.3. The summed E-state index contributed by atoms with van der Waals surface area (Å²) in [5.41, 5.74) is 0. The van der Waals surface area contributed by atoms with E-state index in [0.717, 1.165) is 103 Å². The molecule has 12 heteroatoms. The molecule has 0 aliphatic rings. The van der Waals surface area contributed by atoms with Gasteiger partial charge < -0.3 is 24.2 Å². The number of ether oxygens (including phenoxy) is 3. The monoisotopic (exact) mass is 1060 g/mol. The van der Waals surface area contributed by atoms with Crippen LogP contribution in [0.1, 0.15) is 265 Å². The predicted molar refractivity (Wildman–Crippen MR) is 307 cm³/mol. The van der Waals surface area contributed by atoms with E-state index in [1.807, 2.05) is 0 Å². The molecule has 0 spiro atoms. The number of aliphatic hydroxyl groups is 1. The molecule has 0 aromatic carbocycles. The van der Waals surface area contributed by atoms with E-state index < -0.39 is 57.8 Å². The molecule has 0 aliphatic carbocycles. The van der Waals surface area contributed by atoms with Crippen molar-refractivity contribution in [1.82, 2.24) is 0 Å². The van der Waals surface area contributed by atoms with E-state index in [2.05, 4.69) is 93.7 Å². The van der Waals surface area contributed by atoms with Crippen molar-refractivity contribution in [2.24, 2.45) is 0 Å². The fourth-order valence-corrected chi connectivity index (χ4v) is 8.87. The van der Waals surface area contributed by atoms with E-state index in [4.69, 9.17) is 23.3 Å². The summed E-state index contributed by atoms with van der Waals surface area (Å²) in [6.45, 7) is 4.50. The van der Waals surface area contributed by atoms with Gasteiger partial charge in [0.1, 0.15) is 12.7 Å². The molecule has 0 saturated carbocycles. The third-order valence-electron chi connectivity index (χ3n) is 12.6. The lowest BCUT2D eigenvalue weighted by molar-refractivity contribution is -0.161. The smallest absolute Gasteiger partial charge is 0.462 e. The highest BCUT2D eigenvalue weighted by Crippen LogP contribution is 2.43. The second-order valence-electron chi connectivity index (χ2n) is 19.8. The number of hydrogen-bond donors (Lipinski definition) is 2. The van der Waals surface area contributed by atoms with Crippen molar-refractivity contribution in [2.45, 2.75) is 277 Å². The van der Waals surface area contributed by atoms with Crippen molar-refractivity contribution in [3.8, 4) is 0 Å². The van der Waals surface area contributed by atoms with Crippen LogP contribution in [0, 0.1) is 0 Å². The molecule has 11 nitrogen and oxygen atoms in total. The third kappa shape index (κ3) is 53.7. The number of aliphatic hydroxyl groups excluding tert-OH is 1. The Balaban J connectivity index is 4.78. The summed E-state index contributed by atoms with van der Waals surface area (Å²) in [5, 5.41) is 9.80. The fraction of sp³-hybridized carbons (Fsp3) is 0.758. The van der Waals surface area contributed by atoms with Gasteiger partial charge in [-0.3, -0.25) is 23.4 Å². The second-order valence-corrected chi connectivity index (χ2v) is 21.2. The molecule has 0 saturated heterocycles. The number of rotatable bonds is 55. The van der Waals surface area contributed by atoms with E-state index in [9.17, 15) is 28.9 Å². The minimum absolute atomic E-state index is 0.155. The number of carbonyl (C=O) groups excluding carboxylic acids is 3. The molecule has 0 radical (unpaired) electrons. The van der Waals surface area contributed by atoms with Crippen LogP contribution in [0.15, 0.2) is 72.9 Å². The third-order valence-corrected chi connectivity index (χ3v) is 13.6. The second kappa shape index (κ2) is 56.1. The molecular formula is C62H109O11P. The molecular weight excluding hydrogens is 952 g/mol. The van der Waals surface area contributed by atoms with Crippen molar-refractivity contribution in [1.29, 1.82) is 0 Å². The molecule has 3 atom stereocenters. The van der Waals surface area contributed by atoms with Gasteiger partial charge >= 0.3 is 25.7 Å². The Bertz CT molecular complexity index is 1520. The summed E-state index contributed by atoms with van der Waals surface area (Å²) in [4.78, 5) is 48.5. The quantitative estimate of drug-likeness (QED) is 0.0197. The van der Waals surface area contributed by atoms with Crippen LogP contribution >= 0.6 is 7.82 Å². The van der Waals surface area contributed by atoms with Gasteiger partial charge in [-0.05, 0) is 89.9 Å². The largest absolute Gasteiger partial charge is 0.472 e. The van der Waals surface area contributed by atoms with Gasteiger partial charge in [0.25, 0.3) is 0 Å². The van der Waals surface area contributed by atoms with E-state index in [1.54, 1.807) is 0 Å². The van der Waals surface area contributed by atoms with Crippen LogP contribution in [0.4, 0.5) is 0 Å². The Labute approximate surface area is 452 Å². The maximum atomic E-state index is 12.9. The Morgan fingerprint density at radius 3 is 1.11 bits per heavy atom. The lowest BCUT2D eigenvalue weighted by Gasteiger charge is -2.21. The van der Waals surface area contributed by atoms with E-state index >= 15 is 0 Å². The summed E-state index contributed by atoms with van der Waals surface area (Å²) < 4.78 is 39.5. The highest BCUT2D eigenvalue weighted by molar-refractivity contribution is 7.47. The molecule has 3 unspecified atom stereocenters. The molecule has 74 heavy (non-hydrogen) atoms. The van der Waals surface area contributed by atoms with Crippen LogP contribution in [0.25, 0.3) is 0 Å². The van der Waals surface area contributed by atoms with Gasteiger partial charge in [-0.2, -0.15) is 0 Å². The number of phosphoric ester groups is 1. The highest BCUT2D eigenvalue weighted by Gasteiger charge is 2.28. The zero-order valence-electron chi connectivity index (χ0n) is 47.3. The first kappa shape index (κ1) is 70.9. The molecule has 0 fully saturated rings. The van der Waals surface area contributed by atoms with Crippen molar-refractivity contribution >= 4 is 25.7 Å². The fourth-order valence-electron chi connectivity index (χ4n) is 8.08. The SMILES string of the molecule is CC/C=C\C/C=C\C/C=C\C/C=C\C/C=C\CCCCCC(=O)OCC(COP(=O)(O)OCC(CO)OC(=O)CCCCCCCCCCCCC)OC(=O)CCCCCCCCC/C=C\CCCCCCCC. The Hall–Kier alpha value is -3.08. The summed E-state index contributed by atoms with van der Waals surface area (Å²) in [6.07, 6.45) is 62.9. The number of allylic oxidation sites excluding steroid dienone is 12. The molecule has 2 N–H and O–H groups in total. The van der Waals surface area contributed by atoms with E-state index in [1.165, 1.54) is 103 Å². The predicted octanol–water partition coefficient (Wildman–Crippen LogP) is 17.7. The molecule has 0 amide bonds. The van der Waals surface area contributed by atoms with Gasteiger partial charge in [-0.25, -0.2) is 4.57 Å². The van der Waals surface area contributed by atoms with Crippen molar-refractivity contribution in [3.63, 3.8) is 0 Å². The van der Waals surface area contributed by atoms with Crippen LogP contribution < -0.4 is 0 Å². The average molecular weight is 1060 g/mol. The normalized spacial score (nSPS) is 13.9. The van der Waals surface area contributed by atoms with E-state index in [-0.39, 0.29) is 25.9 Å². The molecule has 0 bridgehead atoms. The minimum Gasteiger partial charge on any atom is -0.462 e. The summed E-state index contributed by atoms with van der Waals surface area (Å²) in [6, 6.07) is 0. The lowest BCUT2D eigenvalue weighted by atomic mass is 10.1. The zero-order chi connectivity index (χ0) is 54.1. The van der Waals surface area contributed by atoms with Crippen molar-refractivity contribution < 1.29 is 52.2 Å². The first-order valence-electron chi connectivity index (χ1n) is 29.8. The first-order chi connectivity index (χ1) is 36.2. The zero-order valence-corrected chi connectivity index (χ0v) is 48.2. The van der Waals surface area contributed by atoms with Gasteiger partial charge in [0.05, 0.1) is 19.8 Å². The maximum Gasteiger partial charge on any atom is 0.472 e. The molecule has 0 heterocycles. The lowest BCUT2D eigenvalue weighted by Crippen LogP contribution is -2.30. The average Bonchev–Trinajstić information content (AvgIpc) is 3.39. The topological polar surface area (TPSA) is 155 Å². The Morgan fingerprint density at radius 2 is 0.703 bits per heavy atom. The van der Waals surface area contributed by atoms with Gasteiger partial charge in [0.15, 0.2) is 6.10 Å². The number of hydrogen-bond acceptors (Lipinski definition) is 10. The maximum absolute atomic E-state index is 12.9. The van der Waals surface area contributed by atoms with Gasteiger partial charge in [-0.1, -0.05) is 229 Å². The Morgan fingerprint density at radius 1 is 0.392 bits per heavy atom. The number of esters is 3. The number of unbranched alkanes of at least 4 members (excludes halogenated alkanes) is 26. The number of carbonyl (C=O) groups is 3. The van der Waals surface area contributed by atoms with Crippen LogP contribution in [0.2, 0.25) is 0 Å². The molecule has 428 valence electrons. The van der Waals surface area contributed by atoms with Crippen LogP contribution in [-0.2, 0) is 42.2 Å². The molecule has 0 rings (SSSR count). The van der Waals surface area contributed by atoms with Crippen molar-refractivity contribution in [3.05, 3.63) is 72.9 Å². The van der Waals surface area contributed by atoms with Crippen LogP contribution in [0.3, 0.4) is 0 Å². The highest BCUT2D eigenvalue weighted by atomic mass is 31.2. The molecule has 0 aliphatic heterocycles. The molecule has 0 aromatic rings. The molecule has 0 aromatic heterocycles. The van der Waals surface area contributed by atoms with Crippen molar-refractivity contribution in [2.75, 3.05) is 26.4 Å². The van der Waals surface area contributed by atoms with Gasteiger partial charge in [0, 0.05) is 19.3 Å². The standard InChI is InChI=1S/C62H109O11P/c1-4-7-10-13-16-19-22-24-26-28-29-31-32-34-37-39-42-45-48-51-60(64)69-55-59(73-62(66)53-50-47-44-41-38-35-33-30-27-25-23-20-17-14-11-8-5-2)57-71-74(67,68)70-56-58(54-63)72-61(65)52-49-46-43-40-36-21-18-15-12-9-6-3/h7,10,16,19,24-27,29,31,34,37,58-59,63H,4-6,8-9,11-15,17-18,20-23,28,30,32-33,35-36,38-57H2,1-3H3,(H,67,68)/b10-7-,19-16-,26-24-,27-25-,31-29-,37-34-.